The third-order valence-corrected chi connectivity index (χ3v) is 6.53. The summed E-state index contributed by atoms with van der Waals surface area (Å²) in [5, 5.41) is 20.9. The van der Waals surface area contributed by atoms with Crippen molar-refractivity contribution in [3.8, 4) is 0 Å². The Balaban J connectivity index is 1.48. The molecule has 0 aliphatic carbocycles. The van der Waals surface area contributed by atoms with E-state index < -0.39 is 5.60 Å². The Labute approximate surface area is 211 Å². The number of anilines is 4. The average Bonchev–Trinajstić information content (AvgIpc) is 3.17. The maximum atomic E-state index is 12.3. The molecular weight excluding hydrogens is 460 g/mol. The molecule has 0 atom stereocenters. The van der Waals surface area contributed by atoms with Gasteiger partial charge in [-0.25, -0.2) is 9.97 Å². The zero-order valence-corrected chi connectivity index (χ0v) is 20.9. The summed E-state index contributed by atoms with van der Waals surface area (Å²) in [6.07, 6.45) is 7.91. The quantitative estimate of drug-likeness (QED) is 0.390. The summed E-state index contributed by atoms with van der Waals surface area (Å²) in [6, 6.07) is 3.74. The molecule has 192 valence electrons. The minimum atomic E-state index is -1.38. The van der Waals surface area contributed by atoms with Crippen LogP contribution in [0.4, 0.5) is 23.3 Å². The summed E-state index contributed by atoms with van der Waals surface area (Å²) in [6.45, 7) is 6.97. The SMILES string of the molecule is CC(C)(O)C(=O)N1CCN(c2ccc(Nc3nc(N4CCCCCC4)nc(C=N)c3C=O)cn2)CC1. The highest BCUT2D eigenvalue weighted by atomic mass is 16.3. The molecule has 11 nitrogen and oxygen atoms in total. The van der Waals surface area contributed by atoms with Crippen molar-refractivity contribution in [2.45, 2.75) is 45.1 Å². The first-order valence-electron chi connectivity index (χ1n) is 12.4. The molecule has 1 amide bonds. The van der Waals surface area contributed by atoms with Gasteiger partial charge in [-0.15, -0.1) is 0 Å². The first kappa shape index (κ1) is 25.5. The van der Waals surface area contributed by atoms with Crippen molar-refractivity contribution in [1.82, 2.24) is 19.9 Å². The number of carbonyl (C=O) groups excluding carboxylic acids is 2. The van der Waals surface area contributed by atoms with E-state index in [1.54, 1.807) is 11.1 Å². The molecule has 2 aliphatic rings. The first-order valence-corrected chi connectivity index (χ1v) is 12.4. The molecule has 11 heteroatoms. The third kappa shape index (κ3) is 5.78. The molecular formula is C25H34N8O3. The van der Waals surface area contributed by atoms with Crippen LogP contribution in [0.3, 0.4) is 0 Å². The molecule has 2 aromatic heterocycles. The van der Waals surface area contributed by atoms with Crippen LogP contribution in [0.1, 0.15) is 55.6 Å². The molecule has 2 saturated heterocycles. The van der Waals surface area contributed by atoms with Gasteiger partial charge < -0.3 is 30.5 Å². The van der Waals surface area contributed by atoms with E-state index in [-0.39, 0.29) is 17.2 Å². The molecule has 3 N–H and O–H groups in total. The number of rotatable bonds is 7. The Hall–Kier alpha value is -3.60. The molecule has 2 fully saturated rings. The standard InChI is InChI=1S/C25H34N8O3/c1-25(2,36)23(35)32-13-11-31(12-14-32)21-8-7-18(16-27-21)28-22-19(17-34)20(15-26)29-24(30-22)33-9-5-3-4-6-10-33/h7-8,15-17,26,36H,3-6,9-14H2,1-2H3,(H,28,29,30). The van der Waals surface area contributed by atoms with Gasteiger partial charge in [0.15, 0.2) is 6.29 Å². The average molecular weight is 495 g/mol. The van der Waals surface area contributed by atoms with Gasteiger partial charge in [-0.2, -0.15) is 4.98 Å². The molecule has 0 radical (unpaired) electrons. The lowest BCUT2D eigenvalue weighted by atomic mass is 10.1. The Bertz CT molecular complexity index is 1080. The number of aliphatic hydroxyl groups is 1. The van der Waals surface area contributed by atoms with Gasteiger partial charge in [-0.3, -0.25) is 9.59 Å². The summed E-state index contributed by atoms with van der Waals surface area (Å²) >= 11 is 0. The van der Waals surface area contributed by atoms with Gasteiger partial charge in [-0.1, -0.05) is 12.8 Å². The van der Waals surface area contributed by atoms with Gasteiger partial charge in [-0.05, 0) is 38.8 Å². The number of aldehydes is 1. The Morgan fingerprint density at radius 1 is 1.03 bits per heavy atom. The fourth-order valence-corrected chi connectivity index (χ4v) is 4.52. The van der Waals surface area contributed by atoms with Crippen molar-refractivity contribution in [2.75, 3.05) is 54.4 Å². The number of hydrogen-bond acceptors (Lipinski definition) is 10. The smallest absolute Gasteiger partial charge is 0.254 e. The van der Waals surface area contributed by atoms with E-state index in [4.69, 9.17) is 5.41 Å². The Kier molecular flexibility index (Phi) is 7.78. The molecule has 0 bridgehead atoms. The Morgan fingerprint density at radius 2 is 1.72 bits per heavy atom. The van der Waals surface area contributed by atoms with Crippen LogP contribution in [0.15, 0.2) is 18.3 Å². The van der Waals surface area contributed by atoms with Crippen LogP contribution in [0.25, 0.3) is 0 Å². The first-order chi connectivity index (χ1) is 17.3. The molecule has 0 aromatic carbocycles. The second kappa shape index (κ2) is 11.0. The highest BCUT2D eigenvalue weighted by Gasteiger charge is 2.31. The van der Waals surface area contributed by atoms with E-state index in [1.807, 2.05) is 12.1 Å². The molecule has 0 saturated carbocycles. The van der Waals surface area contributed by atoms with E-state index in [0.29, 0.717) is 49.9 Å². The van der Waals surface area contributed by atoms with E-state index in [9.17, 15) is 14.7 Å². The van der Waals surface area contributed by atoms with Crippen molar-refractivity contribution < 1.29 is 14.7 Å². The van der Waals surface area contributed by atoms with Gasteiger partial charge in [0.05, 0.1) is 23.1 Å². The minimum absolute atomic E-state index is 0.236. The lowest BCUT2D eigenvalue weighted by Crippen LogP contribution is -2.54. The summed E-state index contributed by atoms with van der Waals surface area (Å²) in [5.74, 6) is 1.38. The predicted molar refractivity (Wildman–Crippen MR) is 139 cm³/mol. The summed E-state index contributed by atoms with van der Waals surface area (Å²) < 4.78 is 0. The highest BCUT2D eigenvalue weighted by Crippen LogP contribution is 2.25. The van der Waals surface area contributed by atoms with E-state index in [2.05, 4.69) is 30.1 Å². The van der Waals surface area contributed by atoms with Gasteiger partial charge in [0.25, 0.3) is 5.91 Å². The fraction of sp³-hybridized carbons (Fsp3) is 0.520. The molecule has 0 spiro atoms. The number of carbonyl (C=O) groups is 2. The maximum absolute atomic E-state index is 12.3. The third-order valence-electron chi connectivity index (χ3n) is 6.53. The molecule has 4 rings (SSSR count). The largest absolute Gasteiger partial charge is 0.381 e. The fourth-order valence-electron chi connectivity index (χ4n) is 4.52. The monoisotopic (exact) mass is 494 g/mol. The zero-order chi connectivity index (χ0) is 25.7. The predicted octanol–water partition coefficient (Wildman–Crippen LogP) is 2.23. The van der Waals surface area contributed by atoms with Crippen LogP contribution in [-0.2, 0) is 4.79 Å². The lowest BCUT2D eigenvalue weighted by Gasteiger charge is -2.37. The van der Waals surface area contributed by atoms with Crippen molar-refractivity contribution in [1.29, 1.82) is 5.41 Å². The highest BCUT2D eigenvalue weighted by molar-refractivity contribution is 5.95. The Morgan fingerprint density at radius 3 is 2.28 bits per heavy atom. The molecule has 2 aliphatic heterocycles. The molecule has 4 heterocycles. The lowest BCUT2D eigenvalue weighted by molar-refractivity contribution is -0.148. The van der Waals surface area contributed by atoms with E-state index >= 15 is 0 Å². The summed E-state index contributed by atoms with van der Waals surface area (Å²) in [4.78, 5) is 43.7. The number of nitrogens with one attached hydrogen (secondary N) is 2. The normalized spacial score (nSPS) is 16.9. The van der Waals surface area contributed by atoms with E-state index in [0.717, 1.165) is 38.0 Å². The van der Waals surface area contributed by atoms with Crippen molar-refractivity contribution in [3.63, 3.8) is 0 Å². The summed E-state index contributed by atoms with van der Waals surface area (Å²) in [5.41, 5.74) is -0.195. The van der Waals surface area contributed by atoms with Crippen LogP contribution in [-0.4, -0.2) is 88.2 Å². The minimum Gasteiger partial charge on any atom is -0.381 e. The molecule has 2 aromatic rings. The van der Waals surface area contributed by atoms with Crippen LogP contribution in [0, 0.1) is 5.41 Å². The summed E-state index contributed by atoms with van der Waals surface area (Å²) in [7, 11) is 0. The second-order valence-electron chi connectivity index (χ2n) is 9.70. The van der Waals surface area contributed by atoms with Crippen molar-refractivity contribution in [3.05, 3.63) is 29.6 Å². The van der Waals surface area contributed by atoms with Gasteiger partial charge in [0, 0.05) is 45.5 Å². The number of hydrogen-bond donors (Lipinski definition) is 3. The number of aromatic nitrogens is 3. The van der Waals surface area contributed by atoms with Crippen molar-refractivity contribution >= 4 is 41.7 Å². The van der Waals surface area contributed by atoms with Crippen LogP contribution < -0.4 is 15.1 Å². The van der Waals surface area contributed by atoms with Gasteiger partial charge >= 0.3 is 0 Å². The topological polar surface area (TPSA) is 139 Å². The number of amides is 1. The maximum Gasteiger partial charge on any atom is 0.254 e. The van der Waals surface area contributed by atoms with Crippen molar-refractivity contribution in [2.24, 2.45) is 0 Å². The second-order valence-corrected chi connectivity index (χ2v) is 9.70. The van der Waals surface area contributed by atoms with E-state index in [1.165, 1.54) is 26.7 Å². The van der Waals surface area contributed by atoms with Crippen LogP contribution >= 0.6 is 0 Å². The van der Waals surface area contributed by atoms with Gasteiger partial charge in [0.2, 0.25) is 5.95 Å². The number of pyridine rings is 1. The zero-order valence-electron chi connectivity index (χ0n) is 20.9. The van der Waals surface area contributed by atoms with Crippen LogP contribution in [0.5, 0.6) is 0 Å². The van der Waals surface area contributed by atoms with Gasteiger partial charge in [0.1, 0.15) is 17.2 Å². The number of nitrogens with zero attached hydrogens (tertiary/aromatic N) is 6. The molecule has 0 unspecified atom stereocenters. The van der Waals surface area contributed by atoms with Crippen LogP contribution in [0.2, 0.25) is 0 Å². The number of piperazine rings is 1. The molecule has 36 heavy (non-hydrogen) atoms.